The molecule has 3 heterocycles. The van der Waals surface area contributed by atoms with Gasteiger partial charge >= 0.3 is 0 Å². The second-order valence-corrected chi connectivity index (χ2v) is 8.61. The van der Waals surface area contributed by atoms with Crippen molar-refractivity contribution < 1.29 is 19.0 Å². The molecule has 34 heavy (non-hydrogen) atoms. The van der Waals surface area contributed by atoms with Gasteiger partial charge in [-0.2, -0.15) is 9.50 Å². The van der Waals surface area contributed by atoms with Gasteiger partial charge in [-0.25, -0.2) is 0 Å². The lowest BCUT2D eigenvalue weighted by atomic mass is 10.1. The number of amides is 1. The Balaban J connectivity index is 1.68. The van der Waals surface area contributed by atoms with E-state index in [0.29, 0.717) is 50.2 Å². The minimum absolute atomic E-state index is 0.172. The minimum atomic E-state index is -0.373. The van der Waals surface area contributed by atoms with Gasteiger partial charge in [0.2, 0.25) is 10.7 Å². The maximum absolute atomic E-state index is 13.3. The van der Waals surface area contributed by atoms with Crippen molar-refractivity contribution in [3.05, 3.63) is 56.8 Å². The molecule has 2 aromatic carbocycles. The number of ether oxygens (including phenoxy) is 3. The van der Waals surface area contributed by atoms with Gasteiger partial charge in [0.05, 0.1) is 32.6 Å². The molecule has 0 radical (unpaired) electrons. The highest BCUT2D eigenvalue weighted by molar-refractivity contribution is 7.15. The lowest BCUT2D eigenvalue weighted by Gasteiger charge is -2.15. The summed E-state index contributed by atoms with van der Waals surface area (Å²) in [5.74, 6) is 1.53. The van der Waals surface area contributed by atoms with Gasteiger partial charge in [-0.3, -0.25) is 9.59 Å². The van der Waals surface area contributed by atoms with Gasteiger partial charge in [-0.05, 0) is 24.6 Å². The molecule has 0 aliphatic carbocycles. The van der Waals surface area contributed by atoms with E-state index in [9.17, 15) is 9.59 Å². The highest BCUT2D eigenvalue weighted by Gasteiger charge is 2.33. The number of hydrogen-bond donors (Lipinski definition) is 0. The van der Waals surface area contributed by atoms with Crippen LogP contribution in [-0.4, -0.2) is 48.4 Å². The standard InChI is InChI=1S/C24H22N4O5S/c1-5-10-27-15-9-7-6-8-14(15)18(22(27)29)20-23(30)28-24(34-20)25-21(26-28)13-11-16(31-2)19(33-4)17(12-13)32-3/h6-9,11-12H,5,10H2,1-4H3/b20-18-. The quantitative estimate of drug-likeness (QED) is 0.420. The fourth-order valence-electron chi connectivity index (χ4n) is 4.16. The summed E-state index contributed by atoms with van der Waals surface area (Å²) in [6.07, 6.45) is 0.811. The van der Waals surface area contributed by atoms with E-state index < -0.39 is 0 Å². The number of aromatic nitrogens is 3. The molecule has 0 bridgehead atoms. The molecule has 0 N–H and O–H groups in total. The Morgan fingerprint density at radius 3 is 2.32 bits per heavy atom. The number of carbonyl (C=O) groups is 1. The van der Waals surface area contributed by atoms with Gasteiger partial charge in [-0.15, -0.1) is 5.10 Å². The van der Waals surface area contributed by atoms with Crippen molar-refractivity contribution in [2.24, 2.45) is 0 Å². The summed E-state index contributed by atoms with van der Waals surface area (Å²) < 4.78 is 17.8. The van der Waals surface area contributed by atoms with E-state index in [1.54, 1.807) is 17.0 Å². The molecule has 0 fully saturated rings. The maximum Gasteiger partial charge on any atom is 0.291 e. The molecule has 1 aliphatic rings. The van der Waals surface area contributed by atoms with Gasteiger partial charge in [0.1, 0.15) is 4.53 Å². The lowest BCUT2D eigenvalue weighted by Crippen LogP contribution is -2.32. The van der Waals surface area contributed by atoms with Crippen LogP contribution in [-0.2, 0) is 4.79 Å². The Hall–Kier alpha value is -3.92. The third-order valence-corrected chi connectivity index (χ3v) is 6.71. The lowest BCUT2D eigenvalue weighted by molar-refractivity contribution is -0.113. The predicted molar refractivity (Wildman–Crippen MR) is 129 cm³/mol. The van der Waals surface area contributed by atoms with Crippen LogP contribution in [0.2, 0.25) is 0 Å². The number of para-hydroxylation sites is 1. The van der Waals surface area contributed by atoms with E-state index in [-0.39, 0.29) is 11.5 Å². The molecule has 0 atom stereocenters. The van der Waals surface area contributed by atoms with Crippen LogP contribution in [0.3, 0.4) is 0 Å². The number of fused-ring (bicyclic) bond motifs is 2. The number of methoxy groups -OCH3 is 3. The van der Waals surface area contributed by atoms with Crippen molar-refractivity contribution in [3.63, 3.8) is 0 Å². The number of rotatable bonds is 6. The van der Waals surface area contributed by atoms with E-state index in [1.807, 2.05) is 31.2 Å². The number of thiazole rings is 1. The minimum Gasteiger partial charge on any atom is -0.493 e. The number of carbonyl (C=O) groups excluding carboxylic acids is 1. The molecule has 10 heteroatoms. The Bertz CT molecular complexity index is 1520. The molecule has 4 aromatic rings. The largest absolute Gasteiger partial charge is 0.493 e. The second kappa shape index (κ2) is 8.45. The number of benzene rings is 2. The third-order valence-electron chi connectivity index (χ3n) is 5.68. The molecular formula is C24H22N4O5S. The molecule has 1 amide bonds. The fourth-order valence-corrected chi connectivity index (χ4v) is 5.16. The summed E-state index contributed by atoms with van der Waals surface area (Å²) in [5, 5.41) is 4.43. The summed E-state index contributed by atoms with van der Waals surface area (Å²) in [6.45, 7) is 2.60. The molecule has 0 saturated carbocycles. The zero-order chi connectivity index (χ0) is 24.0. The average molecular weight is 479 g/mol. The van der Waals surface area contributed by atoms with Crippen molar-refractivity contribution in [2.45, 2.75) is 13.3 Å². The van der Waals surface area contributed by atoms with Gasteiger partial charge in [0, 0.05) is 17.7 Å². The molecule has 2 aromatic heterocycles. The predicted octanol–water partition coefficient (Wildman–Crippen LogP) is 2.52. The van der Waals surface area contributed by atoms with E-state index in [1.165, 1.54) is 25.8 Å². The normalized spacial score (nSPS) is 14.6. The monoisotopic (exact) mass is 478 g/mol. The molecule has 5 rings (SSSR count). The summed E-state index contributed by atoms with van der Waals surface area (Å²) in [5.41, 5.74) is 2.21. The van der Waals surface area contributed by atoms with Crippen LogP contribution in [0, 0.1) is 0 Å². The molecule has 1 aliphatic heterocycles. The van der Waals surface area contributed by atoms with Crippen LogP contribution >= 0.6 is 11.3 Å². The Labute approximate surface area is 198 Å². The number of nitrogens with zero attached hydrogens (tertiary/aromatic N) is 4. The van der Waals surface area contributed by atoms with Crippen molar-refractivity contribution in [1.29, 1.82) is 0 Å². The molecule has 9 nitrogen and oxygen atoms in total. The zero-order valence-corrected chi connectivity index (χ0v) is 19.9. The number of anilines is 1. The maximum atomic E-state index is 13.3. The highest BCUT2D eigenvalue weighted by Crippen LogP contribution is 2.40. The molecule has 0 unspecified atom stereocenters. The van der Waals surface area contributed by atoms with Gasteiger partial charge in [-0.1, -0.05) is 36.5 Å². The van der Waals surface area contributed by atoms with Crippen molar-refractivity contribution in [1.82, 2.24) is 14.6 Å². The third kappa shape index (κ3) is 3.21. The topological polar surface area (TPSA) is 95.3 Å². The zero-order valence-electron chi connectivity index (χ0n) is 19.1. The SMILES string of the molecule is CCCN1C(=O)/C(=c2\sc3nc(-c4cc(OC)c(OC)c(OC)c4)nn3c2=O)c2ccccc21. The Morgan fingerprint density at radius 2 is 1.71 bits per heavy atom. The molecular weight excluding hydrogens is 456 g/mol. The van der Waals surface area contributed by atoms with E-state index >= 15 is 0 Å². The summed E-state index contributed by atoms with van der Waals surface area (Å²) in [4.78, 5) is 33.3. The van der Waals surface area contributed by atoms with Crippen LogP contribution in [0.25, 0.3) is 21.9 Å². The first-order valence-corrected chi connectivity index (χ1v) is 11.5. The first kappa shape index (κ1) is 21.9. The Morgan fingerprint density at radius 1 is 1.00 bits per heavy atom. The van der Waals surface area contributed by atoms with E-state index in [0.717, 1.165) is 29.0 Å². The molecule has 0 saturated heterocycles. The fraction of sp³-hybridized carbons (Fsp3) is 0.250. The van der Waals surface area contributed by atoms with Crippen LogP contribution in [0.5, 0.6) is 17.2 Å². The van der Waals surface area contributed by atoms with Crippen LogP contribution in [0.4, 0.5) is 5.69 Å². The summed E-state index contributed by atoms with van der Waals surface area (Å²) in [7, 11) is 4.58. The van der Waals surface area contributed by atoms with Crippen LogP contribution in [0.15, 0.2) is 41.2 Å². The summed E-state index contributed by atoms with van der Waals surface area (Å²) >= 11 is 1.16. The highest BCUT2D eigenvalue weighted by atomic mass is 32.1. The van der Waals surface area contributed by atoms with Crippen molar-refractivity contribution in [2.75, 3.05) is 32.8 Å². The summed E-state index contributed by atoms with van der Waals surface area (Å²) in [6, 6.07) is 11.0. The van der Waals surface area contributed by atoms with Crippen LogP contribution < -0.4 is 29.2 Å². The van der Waals surface area contributed by atoms with Crippen molar-refractivity contribution >= 4 is 33.5 Å². The molecule has 174 valence electrons. The smallest absolute Gasteiger partial charge is 0.291 e. The van der Waals surface area contributed by atoms with Gasteiger partial charge in [0.15, 0.2) is 17.3 Å². The van der Waals surface area contributed by atoms with E-state index in [4.69, 9.17) is 14.2 Å². The van der Waals surface area contributed by atoms with E-state index in [2.05, 4.69) is 10.1 Å². The number of hydrogen-bond acceptors (Lipinski definition) is 8. The van der Waals surface area contributed by atoms with Gasteiger partial charge in [0.25, 0.3) is 11.5 Å². The van der Waals surface area contributed by atoms with Crippen molar-refractivity contribution in [3.8, 4) is 28.6 Å². The first-order chi connectivity index (χ1) is 16.5. The van der Waals surface area contributed by atoms with Crippen LogP contribution in [0.1, 0.15) is 18.9 Å². The average Bonchev–Trinajstić information content (AvgIpc) is 3.49. The van der Waals surface area contributed by atoms with Gasteiger partial charge < -0.3 is 19.1 Å². The molecule has 0 spiro atoms. The second-order valence-electron chi connectivity index (χ2n) is 7.63. The Kier molecular flexibility index (Phi) is 5.45. The first-order valence-electron chi connectivity index (χ1n) is 10.7.